The monoisotopic (exact) mass is 240 g/mol. The number of aromatic nitrogens is 1. The molecule has 6 heteroatoms. The van der Waals surface area contributed by atoms with Crippen molar-refractivity contribution in [2.24, 2.45) is 0 Å². The first kappa shape index (κ1) is 10.1. The van der Waals surface area contributed by atoms with Crippen molar-refractivity contribution in [1.82, 2.24) is 4.98 Å². The van der Waals surface area contributed by atoms with E-state index in [9.17, 15) is 4.79 Å². The van der Waals surface area contributed by atoms with Crippen molar-refractivity contribution in [2.75, 3.05) is 5.73 Å². The molecule has 0 aliphatic rings. The Labute approximate surface area is 94.0 Å². The van der Waals surface area contributed by atoms with E-state index in [1.807, 2.05) is 17.5 Å². The Morgan fingerprint density at radius 3 is 3.00 bits per heavy atom. The molecule has 0 fully saturated rings. The molecule has 0 saturated carbocycles. The molecule has 3 N–H and O–H groups in total. The van der Waals surface area contributed by atoms with Gasteiger partial charge in [-0.3, -0.25) is 0 Å². The summed E-state index contributed by atoms with van der Waals surface area (Å²) < 4.78 is 0. The predicted molar refractivity (Wildman–Crippen MR) is 60.6 cm³/mol. The summed E-state index contributed by atoms with van der Waals surface area (Å²) in [5.41, 5.74) is 6.04. The van der Waals surface area contributed by atoms with Crippen LogP contribution in [0.15, 0.2) is 17.5 Å². The molecule has 0 spiro atoms. The summed E-state index contributed by atoms with van der Waals surface area (Å²) in [5.74, 6) is -0.962. The van der Waals surface area contributed by atoms with Crippen LogP contribution in [0.2, 0.25) is 0 Å². The fraction of sp³-hybridized carbons (Fsp3) is 0.111. The van der Waals surface area contributed by atoms with Crippen LogP contribution in [-0.2, 0) is 6.42 Å². The van der Waals surface area contributed by atoms with E-state index in [2.05, 4.69) is 4.98 Å². The first-order valence-corrected chi connectivity index (χ1v) is 5.87. The number of nitrogens with zero attached hydrogens (tertiary/aromatic N) is 1. The van der Waals surface area contributed by atoms with E-state index in [-0.39, 0.29) is 4.88 Å². The maximum absolute atomic E-state index is 10.9. The van der Waals surface area contributed by atoms with Crippen molar-refractivity contribution in [2.45, 2.75) is 6.42 Å². The van der Waals surface area contributed by atoms with E-state index >= 15 is 0 Å². The number of rotatable bonds is 3. The van der Waals surface area contributed by atoms with Gasteiger partial charge in [-0.2, -0.15) is 0 Å². The summed E-state index contributed by atoms with van der Waals surface area (Å²) in [6.45, 7) is 0. The maximum Gasteiger partial charge on any atom is 0.347 e. The van der Waals surface area contributed by atoms with Gasteiger partial charge >= 0.3 is 5.97 Å². The summed E-state index contributed by atoms with van der Waals surface area (Å²) in [7, 11) is 0. The van der Waals surface area contributed by atoms with Crippen LogP contribution in [0.1, 0.15) is 20.2 Å². The van der Waals surface area contributed by atoms with Crippen molar-refractivity contribution in [1.29, 1.82) is 0 Å². The molecule has 0 unspecified atom stereocenters. The minimum absolute atomic E-state index is 0.237. The van der Waals surface area contributed by atoms with E-state index in [1.165, 1.54) is 0 Å². The van der Waals surface area contributed by atoms with Crippen LogP contribution in [0, 0.1) is 0 Å². The third-order valence-corrected chi connectivity index (χ3v) is 3.62. The van der Waals surface area contributed by atoms with Gasteiger partial charge < -0.3 is 10.8 Å². The van der Waals surface area contributed by atoms with E-state index in [1.54, 1.807) is 11.3 Å². The van der Waals surface area contributed by atoms with Gasteiger partial charge in [-0.05, 0) is 11.4 Å². The van der Waals surface area contributed by atoms with Gasteiger partial charge in [0.05, 0.1) is 5.69 Å². The fourth-order valence-corrected chi connectivity index (χ4v) is 2.63. The molecule has 2 heterocycles. The molecule has 0 aliphatic heterocycles. The third-order valence-electron chi connectivity index (χ3n) is 1.83. The summed E-state index contributed by atoms with van der Waals surface area (Å²) >= 11 is 2.59. The molecule has 78 valence electrons. The SMILES string of the molecule is Nc1nc(Cc2cccs2)c(C(=O)O)s1. The number of anilines is 1. The highest BCUT2D eigenvalue weighted by Gasteiger charge is 2.16. The van der Waals surface area contributed by atoms with Gasteiger partial charge in [-0.1, -0.05) is 17.4 Å². The van der Waals surface area contributed by atoms with Crippen molar-refractivity contribution >= 4 is 33.8 Å². The van der Waals surface area contributed by atoms with Crippen LogP contribution in [0.5, 0.6) is 0 Å². The Hall–Kier alpha value is -1.40. The van der Waals surface area contributed by atoms with Crippen LogP contribution in [-0.4, -0.2) is 16.1 Å². The average molecular weight is 240 g/mol. The normalized spacial score (nSPS) is 10.4. The molecule has 4 nitrogen and oxygen atoms in total. The molecule has 0 atom stereocenters. The summed E-state index contributed by atoms with van der Waals surface area (Å²) in [4.78, 5) is 16.2. The second-order valence-corrected chi connectivity index (χ2v) is 4.95. The Morgan fingerprint density at radius 1 is 1.60 bits per heavy atom. The molecule has 0 aromatic carbocycles. The summed E-state index contributed by atoms with van der Waals surface area (Å²) in [6, 6.07) is 3.88. The minimum Gasteiger partial charge on any atom is -0.477 e. The van der Waals surface area contributed by atoms with Gasteiger partial charge in [0.1, 0.15) is 4.88 Å². The number of nitrogen functional groups attached to an aromatic ring is 1. The molecule has 2 rings (SSSR count). The van der Waals surface area contributed by atoms with E-state index in [0.29, 0.717) is 17.2 Å². The van der Waals surface area contributed by atoms with Gasteiger partial charge in [-0.25, -0.2) is 9.78 Å². The minimum atomic E-state index is -0.962. The zero-order valence-corrected chi connectivity index (χ0v) is 9.27. The Morgan fingerprint density at radius 2 is 2.40 bits per heavy atom. The lowest BCUT2D eigenvalue weighted by atomic mass is 10.2. The number of carbonyl (C=O) groups is 1. The maximum atomic E-state index is 10.9. The Kier molecular flexibility index (Phi) is 2.70. The van der Waals surface area contributed by atoms with Crippen molar-refractivity contribution in [3.63, 3.8) is 0 Å². The molecule has 0 saturated heterocycles. The highest BCUT2D eigenvalue weighted by Crippen LogP contribution is 2.24. The third kappa shape index (κ3) is 2.16. The summed E-state index contributed by atoms with van der Waals surface area (Å²) in [5, 5.41) is 11.2. The second-order valence-electron chi connectivity index (χ2n) is 2.89. The first-order chi connectivity index (χ1) is 7.16. The van der Waals surface area contributed by atoms with Gasteiger partial charge in [0, 0.05) is 11.3 Å². The number of thiazole rings is 1. The zero-order chi connectivity index (χ0) is 10.8. The van der Waals surface area contributed by atoms with Crippen LogP contribution in [0.3, 0.4) is 0 Å². The van der Waals surface area contributed by atoms with Gasteiger partial charge in [0.15, 0.2) is 5.13 Å². The average Bonchev–Trinajstić information content (AvgIpc) is 2.75. The molecule has 0 radical (unpaired) electrons. The Bertz CT molecular complexity index is 476. The van der Waals surface area contributed by atoms with Crippen LogP contribution >= 0.6 is 22.7 Å². The second kappa shape index (κ2) is 4.00. The lowest BCUT2D eigenvalue weighted by Gasteiger charge is -1.94. The highest BCUT2D eigenvalue weighted by molar-refractivity contribution is 7.17. The molecular formula is C9H8N2O2S2. The zero-order valence-electron chi connectivity index (χ0n) is 7.64. The number of carboxylic acids is 1. The molecule has 2 aromatic heterocycles. The molecule has 0 aliphatic carbocycles. The van der Waals surface area contributed by atoms with Crippen molar-refractivity contribution in [3.05, 3.63) is 33.0 Å². The summed E-state index contributed by atoms with van der Waals surface area (Å²) in [6.07, 6.45) is 0.535. The number of hydrogen-bond acceptors (Lipinski definition) is 5. The van der Waals surface area contributed by atoms with Crippen molar-refractivity contribution in [3.8, 4) is 0 Å². The highest BCUT2D eigenvalue weighted by atomic mass is 32.1. The number of nitrogens with two attached hydrogens (primary N) is 1. The van der Waals surface area contributed by atoms with Crippen LogP contribution < -0.4 is 5.73 Å². The van der Waals surface area contributed by atoms with E-state index < -0.39 is 5.97 Å². The van der Waals surface area contributed by atoms with Crippen LogP contribution in [0.25, 0.3) is 0 Å². The lowest BCUT2D eigenvalue weighted by Crippen LogP contribution is -1.99. The standard InChI is InChI=1S/C9H8N2O2S2/c10-9-11-6(7(15-9)8(12)13)4-5-2-1-3-14-5/h1-3H,4H2,(H2,10,11)(H,12,13). The van der Waals surface area contributed by atoms with Gasteiger partial charge in [-0.15, -0.1) is 11.3 Å². The van der Waals surface area contributed by atoms with Gasteiger partial charge in [0.25, 0.3) is 0 Å². The predicted octanol–water partition coefficient (Wildman–Crippen LogP) is 2.08. The largest absolute Gasteiger partial charge is 0.477 e. The number of hydrogen-bond donors (Lipinski definition) is 2. The quantitative estimate of drug-likeness (QED) is 0.861. The van der Waals surface area contributed by atoms with E-state index in [4.69, 9.17) is 10.8 Å². The van der Waals surface area contributed by atoms with Crippen LogP contribution in [0.4, 0.5) is 5.13 Å². The fourth-order valence-electron chi connectivity index (χ4n) is 1.24. The molecule has 0 bridgehead atoms. The topological polar surface area (TPSA) is 76.2 Å². The van der Waals surface area contributed by atoms with Gasteiger partial charge in [0.2, 0.25) is 0 Å². The number of thiophene rings is 1. The molecule has 0 amide bonds. The lowest BCUT2D eigenvalue weighted by molar-refractivity contribution is 0.0701. The molecular weight excluding hydrogens is 232 g/mol. The Balaban J connectivity index is 2.31. The van der Waals surface area contributed by atoms with E-state index in [0.717, 1.165) is 16.2 Å². The smallest absolute Gasteiger partial charge is 0.347 e. The first-order valence-electron chi connectivity index (χ1n) is 4.17. The number of carboxylic acid groups (broad SMARTS) is 1. The van der Waals surface area contributed by atoms with Crippen molar-refractivity contribution < 1.29 is 9.90 Å². The molecule has 15 heavy (non-hydrogen) atoms. The number of aromatic carboxylic acids is 1. The molecule has 2 aromatic rings.